The number of benzene rings is 2. The van der Waals surface area contributed by atoms with Crippen LogP contribution in [-0.4, -0.2) is 29.9 Å². The smallest absolute Gasteiger partial charge is 0.358 e. The van der Waals surface area contributed by atoms with Gasteiger partial charge >= 0.3 is 11.9 Å². The van der Waals surface area contributed by atoms with Crippen molar-refractivity contribution >= 4 is 17.7 Å². The van der Waals surface area contributed by atoms with E-state index in [1.54, 1.807) is 61.5 Å². The SMILES string of the molecule is CCOC(=O)C(Cc1ccccc1)(OC(=O)c1ccccc1)C(C)=O. The number of ether oxygens (including phenoxy) is 2. The van der Waals surface area contributed by atoms with E-state index in [0.29, 0.717) is 5.56 Å². The van der Waals surface area contributed by atoms with Crippen molar-refractivity contribution in [3.8, 4) is 0 Å². The summed E-state index contributed by atoms with van der Waals surface area (Å²) >= 11 is 0. The van der Waals surface area contributed by atoms with Gasteiger partial charge in [-0.05, 0) is 31.5 Å². The van der Waals surface area contributed by atoms with E-state index in [2.05, 4.69) is 0 Å². The highest BCUT2D eigenvalue weighted by Gasteiger charge is 2.49. The second-order valence-corrected chi connectivity index (χ2v) is 5.52. The number of hydrogen-bond donors (Lipinski definition) is 0. The molecule has 2 rings (SSSR count). The van der Waals surface area contributed by atoms with Gasteiger partial charge in [-0.15, -0.1) is 0 Å². The zero-order chi connectivity index (χ0) is 18.3. The third-order valence-corrected chi connectivity index (χ3v) is 3.75. The Bertz CT molecular complexity index is 739. The van der Waals surface area contributed by atoms with Gasteiger partial charge in [0, 0.05) is 6.42 Å². The number of carbonyl (C=O) groups excluding carboxylic acids is 3. The van der Waals surface area contributed by atoms with Crippen molar-refractivity contribution in [3.05, 3.63) is 71.8 Å². The fourth-order valence-electron chi connectivity index (χ4n) is 2.41. The molecule has 0 saturated heterocycles. The molecule has 0 fully saturated rings. The number of rotatable bonds is 7. The fraction of sp³-hybridized carbons (Fsp3) is 0.250. The molecule has 0 heterocycles. The minimum Gasteiger partial charge on any atom is -0.463 e. The molecule has 0 aliphatic heterocycles. The van der Waals surface area contributed by atoms with Crippen LogP contribution in [0.15, 0.2) is 60.7 Å². The largest absolute Gasteiger partial charge is 0.463 e. The number of esters is 2. The lowest BCUT2D eigenvalue weighted by Crippen LogP contribution is -2.52. The van der Waals surface area contributed by atoms with Gasteiger partial charge in [0.25, 0.3) is 5.60 Å². The van der Waals surface area contributed by atoms with E-state index in [-0.39, 0.29) is 18.6 Å². The van der Waals surface area contributed by atoms with Crippen LogP contribution in [0.5, 0.6) is 0 Å². The molecule has 0 bridgehead atoms. The first-order valence-electron chi connectivity index (χ1n) is 8.00. The molecule has 1 unspecified atom stereocenters. The van der Waals surface area contributed by atoms with Gasteiger partial charge in [-0.1, -0.05) is 48.5 Å². The molecule has 0 aliphatic rings. The number of carbonyl (C=O) groups is 3. The average Bonchev–Trinajstić information content (AvgIpc) is 2.62. The second-order valence-electron chi connectivity index (χ2n) is 5.52. The Morgan fingerprint density at radius 2 is 1.48 bits per heavy atom. The van der Waals surface area contributed by atoms with Crippen LogP contribution in [0.3, 0.4) is 0 Å². The van der Waals surface area contributed by atoms with E-state index in [0.717, 1.165) is 0 Å². The van der Waals surface area contributed by atoms with Crippen LogP contribution in [0.2, 0.25) is 0 Å². The van der Waals surface area contributed by atoms with Crippen LogP contribution >= 0.6 is 0 Å². The van der Waals surface area contributed by atoms with Crippen molar-refractivity contribution in [1.82, 2.24) is 0 Å². The van der Waals surface area contributed by atoms with Crippen LogP contribution in [0, 0.1) is 0 Å². The Labute approximate surface area is 146 Å². The highest BCUT2D eigenvalue weighted by molar-refractivity contribution is 6.09. The molecular weight excluding hydrogens is 320 g/mol. The maximum atomic E-state index is 12.6. The Balaban J connectivity index is 2.40. The molecule has 2 aromatic rings. The normalized spacial score (nSPS) is 12.7. The lowest BCUT2D eigenvalue weighted by Gasteiger charge is -2.29. The van der Waals surface area contributed by atoms with Crippen LogP contribution in [0.1, 0.15) is 29.8 Å². The van der Waals surface area contributed by atoms with Crippen molar-refractivity contribution in [2.24, 2.45) is 0 Å². The minimum atomic E-state index is -2.01. The maximum absolute atomic E-state index is 12.6. The maximum Gasteiger partial charge on any atom is 0.358 e. The first-order valence-corrected chi connectivity index (χ1v) is 8.00. The van der Waals surface area contributed by atoms with Crippen LogP contribution in [-0.2, 0) is 25.5 Å². The summed E-state index contributed by atoms with van der Waals surface area (Å²) in [7, 11) is 0. The molecular formula is C20H20O5. The van der Waals surface area contributed by atoms with Crippen molar-refractivity contribution < 1.29 is 23.9 Å². The van der Waals surface area contributed by atoms with E-state index in [1.807, 2.05) is 6.07 Å². The third-order valence-electron chi connectivity index (χ3n) is 3.75. The molecule has 2 aromatic carbocycles. The topological polar surface area (TPSA) is 69.7 Å². The summed E-state index contributed by atoms with van der Waals surface area (Å²) in [6.45, 7) is 2.92. The summed E-state index contributed by atoms with van der Waals surface area (Å²) in [5, 5.41) is 0. The summed E-state index contributed by atoms with van der Waals surface area (Å²) in [5.74, 6) is -2.20. The van der Waals surface area contributed by atoms with E-state index in [9.17, 15) is 14.4 Å². The van der Waals surface area contributed by atoms with Crippen molar-refractivity contribution in [2.75, 3.05) is 6.61 Å². The van der Waals surface area contributed by atoms with E-state index in [1.165, 1.54) is 6.92 Å². The van der Waals surface area contributed by atoms with E-state index in [4.69, 9.17) is 9.47 Å². The first-order chi connectivity index (χ1) is 12.0. The summed E-state index contributed by atoms with van der Waals surface area (Å²) in [4.78, 5) is 37.4. The molecule has 0 N–H and O–H groups in total. The molecule has 5 heteroatoms. The highest BCUT2D eigenvalue weighted by atomic mass is 16.6. The molecule has 0 saturated carbocycles. The lowest BCUT2D eigenvalue weighted by molar-refractivity contribution is -0.170. The third kappa shape index (κ3) is 4.32. The summed E-state index contributed by atoms with van der Waals surface area (Å²) in [6.07, 6.45) is -0.0828. The summed E-state index contributed by atoms with van der Waals surface area (Å²) in [6, 6.07) is 17.1. The predicted octanol–water partition coefficient (Wildman–Crippen LogP) is 2.98. The van der Waals surface area contributed by atoms with Gasteiger partial charge in [-0.2, -0.15) is 0 Å². The molecule has 25 heavy (non-hydrogen) atoms. The molecule has 0 aromatic heterocycles. The zero-order valence-electron chi connectivity index (χ0n) is 14.2. The average molecular weight is 340 g/mol. The van der Waals surface area contributed by atoms with Crippen LogP contribution < -0.4 is 0 Å². The minimum absolute atomic E-state index is 0.0749. The highest BCUT2D eigenvalue weighted by Crippen LogP contribution is 2.24. The predicted molar refractivity (Wildman–Crippen MR) is 92.0 cm³/mol. The summed E-state index contributed by atoms with van der Waals surface area (Å²) < 4.78 is 10.5. The fourth-order valence-corrected chi connectivity index (χ4v) is 2.41. The van der Waals surface area contributed by atoms with Gasteiger partial charge in [0.2, 0.25) is 0 Å². The van der Waals surface area contributed by atoms with Gasteiger partial charge < -0.3 is 9.47 Å². The number of hydrogen-bond acceptors (Lipinski definition) is 5. The Morgan fingerprint density at radius 3 is 2.00 bits per heavy atom. The number of Topliss-reactive ketones (excluding diaryl/α,β-unsaturated/α-hetero) is 1. The van der Waals surface area contributed by atoms with Gasteiger partial charge in [0.15, 0.2) is 5.78 Å². The van der Waals surface area contributed by atoms with Gasteiger partial charge in [-0.25, -0.2) is 9.59 Å². The molecule has 0 amide bonds. The first kappa shape index (κ1) is 18.4. The van der Waals surface area contributed by atoms with Gasteiger partial charge in [0.1, 0.15) is 0 Å². The summed E-state index contributed by atoms with van der Waals surface area (Å²) in [5.41, 5.74) is -1.07. The van der Waals surface area contributed by atoms with Crippen LogP contribution in [0.25, 0.3) is 0 Å². The second kappa shape index (κ2) is 8.24. The quantitative estimate of drug-likeness (QED) is 0.572. The number of ketones is 1. The molecule has 5 nitrogen and oxygen atoms in total. The molecule has 0 aliphatic carbocycles. The van der Waals surface area contributed by atoms with Gasteiger partial charge in [0.05, 0.1) is 12.2 Å². The molecule has 1 atom stereocenters. The Hall–Kier alpha value is -2.95. The Morgan fingerprint density at radius 1 is 0.920 bits per heavy atom. The van der Waals surface area contributed by atoms with Crippen LogP contribution in [0.4, 0.5) is 0 Å². The van der Waals surface area contributed by atoms with E-state index >= 15 is 0 Å². The zero-order valence-corrected chi connectivity index (χ0v) is 14.2. The van der Waals surface area contributed by atoms with Crippen molar-refractivity contribution in [2.45, 2.75) is 25.9 Å². The molecule has 0 radical (unpaired) electrons. The van der Waals surface area contributed by atoms with E-state index < -0.39 is 23.3 Å². The van der Waals surface area contributed by atoms with Gasteiger partial charge in [-0.3, -0.25) is 4.79 Å². The van der Waals surface area contributed by atoms with Crippen molar-refractivity contribution in [1.29, 1.82) is 0 Å². The molecule has 0 spiro atoms. The monoisotopic (exact) mass is 340 g/mol. The Kier molecular flexibility index (Phi) is 6.06. The standard InChI is InChI=1S/C20H20O5/c1-3-24-19(23)20(15(2)21,14-16-10-6-4-7-11-16)25-18(22)17-12-8-5-9-13-17/h4-13H,3,14H2,1-2H3. The lowest BCUT2D eigenvalue weighted by atomic mass is 9.90. The molecule has 130 valence electrons. The van der Waals surface area contributed by atoms with Crippen molar-refractivity contribution in [3.63, 3.8) is 0 Å².